The topological polar surface area (TPSA) is 37.9 Å². The van der Waals surface area contributed by atoms with Crippen LogP contribution in [0.3, 0.4) is 0 Å². The number of ether oxygens (including phenoxy) is 1. The Labute approximate surface area is 101 Å². The first-order valence-corrected chi connectivity index (χ1v) is 5.43. The van der Waals surface area contributed by atoms with Gasteiger partial charge in [0.15, 0.2) is 0 Å². The molecule has 0 atom stereocenters. The van der Waals surface area contributed by atoms with Crippen LogP contribution in [0.2, 0.25) is 0 Å². The number of nitrogens with zero attached hydrogens (tertiary/aromatic N) is 1. The van der Waals surface area contributed by atoms with Crippen LogP contribution in [-0.4, -0.2) is 16.8 Å². The molecule has 1 aromatic carbocycles. The van der Waals surface area contributed by atoms with Crippen molar-refractivity contribution in [3.05, 3.63) is 35.5 Å². The van der Waals surface area contributed by atoms with Crippen molar-refractivity contribution in [3.63, 3.8) is 0 Å². The number of rotatable bonds is 1. The summed E-state index contributed by atoms with van der Waals surface area (Å²) < 4.78 is 42.7. The SMILES string of the molecule is FC(F)(F)c1cc(-c2ccc3c(c2)CCO3)n[nH]1. The number of halogens is 3. The molecule has 1 N–H and O–H groups in total. The molecule has 0 unspecified atom stereocenters. The molecule has 0 radical (unpaired) electrons. The molecule has 1 aromatic heterocycles. The molecule has 3 nitrogen and oxygen atoms in total. The number of alkyl halides is 3. The van der Waals surface area contributed by atoms with Crippen LogP contribution in [0.5, 0.6) is 5.75 Å². The monoisotopic (exact) mass is 254 g/mol. The average Bonchev–Trinajstić information content (AvgIpc) is 2.96. The standard InChI is InChI=1S/C12H9F3N2O/c13-12(14,15)11-6-9(16-17-11)7-1-2-10-8(5-7)3-4-18-10/h1-2,5-6H,3-4H2,(H,16,17). The van der Waals surface area contributed by atoms with Crippen LogP contribution in [0.25, 0.3) is 11.3 Å². The lowest BCUT2D eigenvalue weighted by atomic mass is 10.1. The zero-order valence-electron chi connectivity index (χ0n) is 9.21. The van der Waals surface area contributed by atoms with E-state index in [0.717, 1.165) is 23.8 Å². The highest BCUT2D eigenvalue weighted by atomic mass is 19.4. The normalized spacial score (nSPS) is 14.4. The number of aromatic amines is 1. The highest BCUT2D eigenvalue weighted by Gasteiger charge is 2.33. The summed E-state index contributed by atoms with van der Waals surface area (Å²) in [4.78, 5) is 0. The van der Waals surface area contributed by atoms with Gasteiger partial charge in [-0.15, -0.1) is 0 Å². The second kappa shape index (κ2) is 3.76. The summed E-state index contributed by atoms with van der Waals surface area (Å²) in [5.74, 6) is 0.797. The predicted octanol–water partition coefficient (Wildman–Crippen LogP) is 3.03. The van der Waals surface area contributed by atoms with Crippen molar-refractivity contribution >= 4 is 0 Å². The van der Waals surface area contributed by atoms with Crippen molar-refractivity contribution < 1.29 is 17.9 Å². The van der Waals surface area contributed by atoms with Crippen molar-refractivity contribution in [2.45, 2.75) is 12.6 Å². The molecule has 0 amide bonds. The maximum absolute atomic E-state index is 12.4. The van der Waals surface area contributed by atoms with Gasteiger partial charge >= 0.3 is 6.18 Å². The lowest BCUT2D eigenvalue weighted by Crippen LogP contribution is -2.04. The van der Waals surface area contributed by atoms with E-state index in [4.69, 9.17) is 4.74 Å². The third kappa shape index (κ3) is 1.83. The summed E-state index contributed by atoms with van der Waals surface area (Å²) in [5.41, 5.74) is 1.11. The number of nitrogens with one attached hydrogen (secondary N) is 1. The highest BCUT2D eigenvalue weighted by Crippen LogP contribution is 2.33. The molecule has 94 valence electrons. The predicted molar refractivity (Wildman–Crippen MR) is 58.2 cm³/mol. The fourth-order valence-electron chi connectivity index (χ4n) is 1.96. The lowest BCUT2D eigenvalue weighted by Gasteiger charge is -2.01. The summed E-state index contributed by atoms with van der Waals surface area (Å²) in [6.07, 6.45) is -3.62. The summed E-state index contributed by atoms with van der Waals surface area (Å²) in [5, 5.41) is 5.70. The van der Waals surface area contributed by atoms with Gasteiger partial charge in [0, 0.05) is 12.0 Å². The van der Waals surface area contributed by atoms with Crippen molar-refractivity contribution in [2.24, 2.45) is 0 Å². The molecule has 3 rings (SSSR count). The van der Waals surface area contributed by atoms with Gasteiger partial charge in [-0.1, -0.05) is 0 Å². The Kier molecular flexibility index (Phi) is 2.33. The van der Waals surface area contributed by atoms with Crippen LogP contribution in [0.15, 0.2) is 24.3 Å². The molecule has 0 aliphatic carbocycles. The first-order valence-electron chi connectivity index (χ1n) is 5.43. The lowest BCUT2D eigenvalue weighted by molar-refractivity contribution is -0.141. The van der Waals surface area contributed by atoms with Crippen LogP contribution < -0.4 is 4.74 Å². The number of hydrogen-bond donors (Lipinski definition) is 1. The van der Waals surface area contributed by atoms with Crippen molar-refractivity contribution in [3.8, 4) is 17.0 Å². The zero-order valence-corrected chi connectivity index (χ0v) is 9.21. The van der Waals surface area contributed by atoms with E-state index in [-0.39, 0.29) is 5.69 Å². The Morgan fingerprint density at radius 1 is 1.22 bits per heavy atom. The molecule has 0 fully saturated rings. The Balaban J connectivity index is 1.98. The van der Waals surface area contributed by atoms with E-state index in [1.54, 1.807) is 12.1 Å². The molecule has 0 bridgehead atoms. The van der Waals surface area contributed by atoms with E-state index < -0.39 is 11.9 Å². The quantitative estimate of drug-likeness (QED) is 0.849. The summed E-state index contributed by atoms with van der Waals surface area (Å²) in [6.45, 7) is 0.618. The maximum Gasteiger partial charge on any atom is 0.432 e. The molecule has 0 saturated heterocycles. The molecule has 2 aromatic rings. The Bertz CT molecular complexity index is 589. The van der Waals surface area contributed by atoms with Crippen LogP contribution >= 0.6 is 0 Å². The Morgan fingerprint density at radius 2 is 2.06 bits per heavy atom. The molecule has 2 heterocycles. The first kappa shape index (κ1) is 11.1. The second-order valence-corrected chi connectivity index (χ2v) is 4.09. The van der Waals surface area contributed by atoms with Crippen LogP contribution in [-0.2, 0) is 12.6 Å². The van der Waals surface area contributed by atoms with Gasteiger partial charge in [0.05, 0.1) is 12.3 Å². The van der Waals surface area contributed by atoms with Crippen LogP contribution in [0.1, 0.15) is 11.3 Å². The van der Waals surface area contributed by atoms with E-state index in [0.29, 0.717) is 12.2 Å². The van der Waals surface area contributed by atoms with Gasteiger partial charge in [-0.3, -0.25) is 5.10 Å². The fourth-order valence-corrected chi connectivity index (χ4v) is 1.96. The molecular weight excluding hydrogens is 245 g/mol. The minimum Gasteiger partial charge on any atom is -0.493 e. The summed E-state index contributed by atoms with van der Waals surface area (Å²) in [6, 6.07) is 6.30. The Hall–Kier alpha value is -1.98. The van der Waals surface area contributed by atoms with Gasteiger partial charge < -0.3 is 4.74 Å². The van der Waals surface area contributed by atoms with Gasteiger partial charge in [-0.05, 0) is 29.8 Å². The smallest absolute Gasteiger partial charge is 0.432 e. The van der Waals surface area contributed by atoms with Crippen LogP contribution in [0.4, 0.5) is 13.2 Å². The number of H-pyrrole nitrogens is 1. The second-order valence-electron chi connectivity index (χ2n) is 4.09. The average molecular weight is 254 g/mol. The zero-order chi connectivity index (χ0) is 12.8. The van der Waals surface area contributed by atoms with Gasteiger partial charge in [0.25, 0.3) is 0 Å². The van der Waals surface area contributed by atoms with Gasteiger partial charge in [0.1, 0.15) is 11.4 Å². The van der Waals surface area contributed by atoms with Gasteiger partial charge in [-0.25, -0.2) is 0 Å². The van der Waals surface area contributed by atoms with Crippen molar-refractivity contribution in [2.75, 3.05) is 6.61 Å². The number of aromatic nitrogens is 2. The third-order valence-corrected chi connectivity index (χ3v) is 2.87. The minimum atomic E-state index is -4.40. The summed E-state index contributed by atoms with van der Waals surface area (Å²) >= 11 is 0. The fraction of sp³-hybridized carbons (Fsp3) is 0.250. The number of fused-ring (bicyclic) bond motifs is 1. The minimum absolute atomic E-state index is 0.289. The Morgan fingerprint density at radius 3 is 2.78 bits per heavy atom. The van der Waals surface area contributed by atoms with E-state index in [1.807, 2.05) is 11.2 Å². The number of benzene rings is 1. The van der Waals surface area contributed by atoms with E-state index in [2.05, 4.69) is 5.10 Å². The number of hydrogen-bond acceptors (Lipinski definition) is 2. The van der Waals surface area contributed by atoms with Crippen molar-refractivity contribution in [1.82, 2.24) is 10.2 Å². The molecular formula is C12H9F3N2O. The van der Waals surface area contributed by atoms with E-state index in [1.165, 1.54) is 0 Å². The molecule has 18 heavy (non-hydrogen) atoms. The van der Waals surface area contributed by atoms with E-state index in [9.17, 15) is 13.2 Å². The highest BCUT2D eigenvalue weighted by molar-refractivity contribution is 5.63. The van der Waals surface area contributed by atoms with Gasteiger partial charge in [-0.2, -0.15) is 18.3 Å². The molecule has 1 aliphatic rings. The molecule has 1 aliphatic heterocycles. The molecule has 6 heteroatoms. The first-order chi connectivity index (χ1) is 8.54. The van der Waals surface area contributed by atoms with E-state index >= 15 is 0 Å². The van der Waals surface area contributed by atoms with Crippen molar-refractivity contribution in [1.29, 1.82) is 0 Å². The van der Waals surface area contributed by atoms with Crippen LogP contribution in [0, 0.1) is 0 Å². The summed E-state index contributed by atoms with van der Waals surface area (Å²) in [7, 11) is 0. The molecule has 0 saturated carbocycles. The molecule has 0 spiro atoms. The van der Waals surface area contributed by atoms with Gasteiger partial charge in [0.2, 0.25) is 0 Å². The maximum atomic E-state index is 12.4. The largest absolute Gasteiger partial charge is 0.493 e. The third-order valence-electron chi connectivity index (χ3n) is 2.87.